The van der Waals surface area contributed by atoms with Gasteiger partial charge in [0, 0.05) is 0 Å². The van der Waals surface area contributed by atoms with E-state index in [1.807, 2.05) is 0 Å². The van der Waals surface area contributed by atoms with E-state index < -0.39 is 17.8 Å². The minimum absolute atomic E-state index is 0.107. The van der Waals surface area contributed by atoms with Crippen molar-refractivity contribution in [2.45, 2.75) is 6.04 Å². The van der Waals surface area contributed by atoms with Gasteiger partial charge in [0.1, 0.15) is 6.04 Å². The molecule has 0 amide bonds. The second-order valence-corrected chi connectivity index (χ2v) is 2.89. The number of halogens is 1. The number of benzene rings is 1. The Morgan fingerprint density at radius 2 is 2.13 bits per heavy atom. The average Bonchev–Trinajstić information content (AvgIpc) is 2.26. The van der Waals surface area contributed by atoms with E-state index in [9.17, 15) is 9.18 Å². The van der Waals surface area contributed by atoms with Gasteiger partial charge in [-0.3, -0.25) is 4.79 Å². The topological polar surface area (TPSA) is 61.5 Å². The summed E-state index contributed by atoms with van der Waals surface area (Å²) in [5, 5.41) is 0. The average molecular weight is 213 g/mol. The van der Waals surface area contributed by atoms with Crippen LogP contribution >= 0.6 is 0 Å². The predicted molar refractivity (Wildman–Crippen MR) is 51.9 cm³/mol. The Hall–Kier alpha value is -1.62. The van der Waals surface area contributed by atoms with Crippen molar-refractivity contribution in [3.63, 3.8) is 0 Å². The van der Waals surface area contributed by atoms with Gasteiger partial charge in [-0.15, -0.1) is 0 Å². The van der Waals surface area contributed by atoms with E-state index in [2.05, 4.69) is 4.74 Å². The molecule has 0 saturated carbocycles. The molecule has 4 nitrogen and oxygen atoms in total. The molecule has 0 aliphatic heterocycles. The smallest absolute Gasteiger partial charge is 0.327 e. The van der Waals surface area contributed by atoms with Crippen LogP contribution in [0.4, 0.5) is 4.39 Å². The molecule has 0 radical (unpaired) electrons. The summed E-state index contributed by atoms with van der Waals surface area (Å²) in [4.78, 5) is 11.1. The SMILES string of the molecule is COC(=O)C(N)c1ccc(OC)c(F)c1. The predicted octanol–water partition coefficient (Wildman–Crippen LogP) is 1.01. The molecule has 0 spiro atoms. The summed E-state index contributed by atoms with van der Waals surface area (Å²) in [7, 11) is 2.58. The summed E-state index contributed by atoms with van der Waals surface area (Å²) in [5.41, 5.74) is 5.87. The quantitative estimate of drug-likeness (QED) is 0.761. The summed E-state index contributed by atoms with van der Waals surface area (Å²) in [6.07, 6.45) is 0. The van der Waals surface area contributed by atoms with Crippen molar-refractivity contribution in [1.29, 1.82) is 0 Å². The molecule has 5 heteroatoms. The number of rotatable bonds is 3. The monoisotopic (exact) mass is 213 g/mol. The lowest BCUT2D eigenvalue weighted by Gasteiger charge is -2.10. The highest BCUT2D eigenvalue weighted by Crippen LogP contribution is 2.21. The molecule has 0 aromatic heterocycles. The number of nitrogens with two attached hydrogens (primary N) is 1. The summed E-state index contributed by atoms with van der Waals surface area (Å²) in [5.74, 6) is -1.07. The van der Waals surface area contributed by atoms with E-state index in [1.165, 1.54) is 26.4 Å². The van der Waals surface area contributed by atoms with Gasteiger partial charge in [-0.2, -0.15) is 0 Å². The zero-order valence-corrected chi connectivity index (χ0v) is 8.49. The fourth-order valence-electron chi connectivity index (χ4n) is 1.14. The van der Waals surface area contributed by atoms with E-state index >= 15 is 0 Å². The van der Waals surface area contributed by atoms with Gasteiger partial charge in [0.05, 0.1) is 14.2 Å². The zero-order valence-electron chi connectivity index (χ0n) is 8.49. The molecule has 2 N–H and O–H groups in total. The molecule has 0 aliphatic rings. The number of hydrogen-bond donors (Lipinski definition) is 1. The van der Waals surface area contributed by atoms with Crippen LogP contribution in [-0.2, 0) is 9.53 Å². The normalized spacial score (nSPS) is 12.0. The summed E-state index contributed by atoms with van der Waals surface area (Å²) >= 11 is 0. The third-order valence-corrected chi connectivity index (χ3v) is 1.99. The van der Waals surface area contributed by atoms with Crippen molar-refractivity contribution < 1.29 is 18.7 Å². The van der Waals surface area contributed by atoms with Crippen LogP contribution in [0, 0.1) is 5.82 Å². The molecule has 0 aliphatic carbocycles. The minimum atomic E-state index is -0.976. The van der Waals surface area contributed by atoms with E-state index in [4.69, 9.17) is 10.5 Å². The van der Waals surface area contributed by atoms with Crippen LogP contribution in [-0.4, -0.2) is 20.2 Å². The highest BCUT2D eigenvalue weighted by Gasteiger charge is 2.17. The first-order chi connectivity index (χ1) is 7.10. The van der Waals surface area contributed by atoms with Crippen molar-refractivity contribution in [3.8, 4) is 5.75 Å². The fourth-order valence-corrected chi connectivity index (χ4v) is 1.14. The van der Waals surface area contributed by atoms with Gasteiger partial charge >= 0.3 is 5.97 Å². The van der Waals surface area contributed by atoms with Crippen LogP contribution in [0.25, 0.3) is 0 Å². The Balaban J connectivity index is 2.97. The molecular formula is C10H12FNO3. The zero-order chi connectivity index (χ0) is 11.4. The summed E-state index contributed by atoms with van der Waals surface area (Å²) < 4.78 is 22.4. The van der Waals surface area contributed by atoms with Crippen LogP contribution in [0.1, 0.15) is 11.6 Å². The number of ether oxygens (including phenoxy) is 2. The maximum absolute atomic E-state index is 13.2. The van der Waals surface area contributed by atoms with Crippen LogP contribution in [0.2, 0.25) is 0 Å². The van der Waals surface area contributed by atoms with E-state index in [0.29, 0.717) is 5.56 Å². The second-order valence-electron chi connectivity index (χ2n) is 2.89. The third kappa shape index (κ3) is 2.44. The maximum Gasteiger partial charge on any atom is 0.327 e. The molecule has 1 aromatic rings. The van der Waals surface area contributed by atoms with E-state index in [0.717, 1.165) is 6.07 Å². The molecule has 1 rings (SSSR count). The number of esters is 1. The first kappa shape index (κ1) is 11.5. The lowest BCUT2D eigenvalue weighted by atomic mass is 10.1. The molecule has 15 heavy (non-hydrogen) atoms. The maximum atomic E-state index is 13.2. The minimum Gasteiger partial charge on any atom is -0.494 e. The summed E-state index contributed by atoms with van der Waals surface area (Å²) in [6, 6.07) is 3.10. The van der Waals surface area contributed by atoms with E-state index in [-0.39, 0.29) is 5.75 Å². The Morgan fingerprint density at radius 3 is 2.60 bits per heavy atom. The number of hydrogen-bond acceptors (Lipinski definition) is 4. The Labute approximate surface area is 86.8 Å². The van der Waals surface area contributed by atoms with Gasteiger partial charge in [0.15, 0.2) is 11.6 Å². The van der Waals surface area contributed by atoms with Gasteiger partial charge in [-0.1, -0.05) is 6.07 Å². The van der Waals surface area contributed by atoms with Crippen molar-refractivity contribution in [2.75, 3.05) is 14.2 Å². The third-order valence-electron chi connectivity index (χ3n) is 1.99. The first-order valence-corrected chi connectivity index (χ1v) is 4.27. The van der Waals surface area contributed by atoms with Crippen LogP contribution in [0.5, 0.6) is 5.75 Å². The lowest BCUT2D eigenvalue weighted by molar-refractivity contribution is -0.142. The number of methoxy groups -OCH3 is 2. The first-order valence-electron chi connectivity index (χ1n) is 4.27. The second kappa shape index (κ2) is 4.75. The Kier molecular flexibility index (Phi) is 3.62. The molecule has 1 unspecified atom stereocenters. The number of carbonyl (C=O) groups is 1. The van der Waals surface area contributed by atoms with Gasteiger partial charge in [-0.05, 0) is 17.7 Å². The highest BCUT2D eigenvalue weighted by atomic mass is 19.1. The van der Waals surface area contributed by atoms with Crippen LogP contribution in [0.3, 0.4) is 0 Å². The molecule has 0 heterocycles. The van der Waals surface area contributed by atoms with Gasteiger partial charge < -0.3 is 15.2 Å². The highest BCUT2D eigenvalue weighted by molar-refractivity contribution is 5.77. The van der Waals surface area contributed by atoms with Gasteiger partial charge in [0.25, 0.3) is 0 Å². The van der Waals surface area contributed by atoms with Gasteiger partial charge in [0.2, 0.25) is 0 Å². The summed E-state index contributed by atoms with van der Waals surface area (Å²) in [6.45, 7) is 0. The van der Waals surface area contributed by atoms with Gasteiger partial charge in [-0.25, -0.2) is 4.39 Å². The van der Waals surface area contributed by atoms with Crippen LogP contribution < -0.4 is 10.5 Å². The largest absolute Gasteiger partial charge is 0.494 e. The standard InChI is InChI=1S/C10H12FNO3/c1-14-8-4-3-6(5-7(8)11)9(12)10(13)15-2/h3-5,9H,12H2,1-2H3. The van der Waals surface area contributed by atoms with Crippen molar-refractivity contribution in [3.05, 3.63) is 29.6 Å². The lowest BCUT2D eigenvalue weighted by Crippen LogP contribution is -2.22. The van der Waals surface area contributed by atoms with Crippen molar-refractivity contribution in [1.82, 2.24) is 0 Å². The number of carbonyl (C=O) groups excluding carboxylic acids is 1. The molecule has 0 fully saturated rings. The van der Waals surface area contributed by atoms with Crippen LogP contribution in [0.15, 0.2) is 18.2 Å². The molecule has 1 atom stereocenters. The van der Waals surface area contributed by atoms with E-state index in [1.54, 1.807) is 0 Å². The van der Waals surface area contributed by atoms with Crippen molar-refractivity contribution in [2.24, 2.45) is 5.73 Å². The molecule has 1 aromatic carbocycles. The fraction of sp³-hybridized carbons (Fsp3) is 0.300. The Morgan fingerprint density at radius 1 is 1.47 bits per heavy atom. The Bertz CT molecular complexity index is 368. The van der Waals surface area contributed by atoms with Crippen molar-refractivity contribution >= 4 is 5.97 Å². The molecule has 0 bridgehead atoms. The molecule has 0 saturated heterocycles. The molecular weight excluding hydrogens is 201 g/mol. The molecule has 82 valence electrons.